The van der Waals surface area contributed by atoms with Gasteiger partial charge in [-0.3, -0.25) is 10.1 Å². The number of rotatable bonds is 3. The fraction of sp³-hybridized carbons (Fsp3) is 0. The van der Waals surface area contributed by atoms with Crippen molar-refractivity contribution in [2.24, 2.45) is 4.99 Å². The van der Waals surface area contributed by atoms with E-state index in [-0.39, 0.29) is 58.7 Å². The molecule has 2 aromatic carbocycles. The summed E-state index contributed by atoms with van der Waals surface area (Å²) in [5.41, 5.74) is 3.14. The van der Waals surface area contributed by atoms with Gasteiger partial charge in [0, 0.05) is 0 Å². The Morgan fingerprint density at radius 3 is 2.24 bits per heavy atom. The molecular weight excluding hydrogens is 357 g/mol. The van der Waals surface area contributed by atoms with E-state index in [4.69, 9.17) is 5.26 Å². The normalized spacial score (nSPS) is 16.7. The average molecular weight is 372 g/mol. The summed E-state index contributed by atoms with van der Waals surface area (Å²) in [5.74, 6) is -0.234. The molecule has 6 heteroatoms. The van der Waals surface area contributed by atoms with Crippen LogP contribution in [0.15, 0.2) is 64.5 Å². The minimum atomic E-state index is -0.234. The van der Waals surface area contributed by atoms with Crippen molar-refractivity contribution >= 4 is 41.1 Å². The van der Waals surface area contributed by atoms with Gasteiger partial charge in [0.05, 0.1) is 4.91 Å². The molecule has 1 heterocycles. The SMILES string of the molecule is N#CN=C1NC(=O)C(=Cc2ccc(C=Cc3ccccc3)cc2)S1.[H-].[K+]. The third-order valence-corrected chi connectivity index (χ3v) is 4.21. The van der Waals surface area contributed by atoms with E-state index in [1.807, 2.05) is 60.7 Å². The molecule has 1 aliphatic rings. The van der Waals surface area contributed by atoms with Crippen molar-refractivity contribution in [3.63, 3.8) is 0 Å². The zero-order valence-electron chi connectivity index (χ0n) is 14.6. The Morgan fingerprint density at radius 1 is 1.00 bits per heavy atom. The van der Waals surface area contributed by atoms with Crippen LogP contribution in [0.1, 0.15) is 18.1 Å². The molecule has 3 rings (SSSR count). The molecule has 1 fully saturated rings. The Bertz CT molecular complexity index is 887. The van der Waals surface area contributed by atoms with E-state index in [9.17, 15) is 4.79 Å². The second kappa shape index (κ2) is 9.87. The molecule has 2 aromatic rings. The minimum Gasteiger partial charge on any atom is -1.00 e. The van der Waals surface area contributed by atoms with Crippen molar-refractivity contribution < 1.29 is 57.6 Å². The molecule has 1 saturated heterocycles. The number of carbonyl (C=O) groups is 1. The van der Waals surface area contributed by atoms with E-state index < -0.39 is 0 Å². The first-order valence-corrected chi connectivity index (χ1v) is 8.07. The first-order valence-electron chi connectivity index (χ1n) is 7.25. The van der Waals surface area contributed by atoms with E-state index in [0.29, 0.717) is 10.1 Å². The van der Waals surface area contributed by atoms with Crippen LogP contribution in [0.25, 0.3) is 18.2 Å². The van der Waals surface area contributed by atoms with Gasteiger partial charge >= 0.3 is 51.4 Å². The Morgan fingerprint density at radius 2 is 1.60 bits per heavy atom. The van der Waals surface area contributed by atoms with Crippen molar-refractivity contribution in [2.75, 3.05) is 0 Å². The zero-order valence-corrected chi connectivity index (χ0v) is 17.6. The maximum Gasteiger partial charge on any atom is 1.00 e. The van der Waals surface area contributed by atoms with Crippen LogP contribution in [0.5, 0.6) is 0 Å². The van der Waals surface area contributed by atoms with Crippen LogP contribution in [0.4, 0.5) is 0 Å². The van der Waals surface area contributed by atoms with Gasteiger partial charge in [-0.2, -0.15) is 5.26 Å². The number of thioether (sulfide) groups is 1. The van der Waals surface area contributed by atoms with E-state index in [0.717, 1.165) is 28.5 Å². The Labute approximate surface area is 194 Å². The van der Waals surface area contributed by atoms with E-state index in [1.165, 1.54) is 0 Å². The van der Waals surface area contributed by atoms with E-state index >= 15 is 0 Å². The molecule has 1 aliphatic heterocycles. The third kappa shape index (κ3) is 5.78. The van der Waals surface area contributed by atoms with Crippen molar-refractivity contribution in [3.8, 4) is 6.19 Å². The number of nitrogens with one attached hydrogen (secondary N) is 1. The molecule has 1 N–H and O–H groups in total. The Hall–Kier alpha value is -1.46. The van der Waals surface area contributed by atoms with Gasteiger partial charge in [0.1, 0.15) is 0 Å². The Kier molecular flexibility index (Phi) is 7.84. The largest absolute Gasteiger partial charge is 1.00 e. The number of amides is 1. The van der Waals surface area contributed by atoms with Crippen molar-refractivity contribution in [1.82, 2.24) is 5.32 Å². The maximum atomic E-state index is 11.8. The summed E-state index contributed by atoms with van der Waals surface area (Å²) >= 11 is 1.16. The van der Waals surface area contributed by atoms with Gasteiger partial charge in [-0.05, 0) is 34.5 Å². The van der Waals surface area contributed by atoms with Crippen LogP contribution in [0, 0.1) is 11.5 Å². The van der Waals surface area contributed by atoms with Gasteiger partial charge in [-0.15, -0.1) is 4.99 Å². The number of hydrogen-bond acceptors (Lipinski definition) is 4. The van der Waals surface area contributed by atoms with Crippen LogP contribution in [0.3, 0.4) is 0 Å². The molecule has 0 aromatic heterocycles. The standard InChI is InChI=1S/C19H13N3OS.K.H/c20-13-21-19-22-18(23)17(24-19)12-16-10-8-15(9-11-16)7-6-14-4-2-1-3-5-14;;/h1-12H,(H,21,22,23);;/q;+1;-1. The predicted octanol–water partition coefficient (Wildman–Crippen LogP) is 1.01. The number of amidine groups is 1. The average Bonchev–Trinajstić information content (AvgIpc) is 2.95. The number of nitrogens with zero attached hydrogens (tertiary/aromatic N) is 2. The smallest absolute Gasteiger partial charge is 1.00 e. The van der Waals surface area contributed by atoms with Crippen molar-refractivity contribution in [2.45, 2.75) is 0 Å². The molecule has 4 nitrogen and oxygen atoms in total. The quantitative estimate of drug-likeness (QED) is 0.379. The van der Waals surface area contributed by atoms with Gasteiger partial charge in [0.2, 0.25) is 6.19 Å². The Balaban J connectivity index is 0.00000169. The maximum absolute atomic E-state index is 11.8. The second-order valence-corrected chi connectivity index (χ2v) is 6.02. The second-order valence-electron chi connectivity index (χ2n) is 4.99. The molecule has 25 heavy (non-hydrogen) atoms. The molecule has 0 radical (unpaired) electrons. The molecule has 0 unspecified atom stereocenters. The van der Waals surface area contributed by atoms with Crippen LogP contribution in [-0.4, -0.2) is 11.1 Å². The summed E-state index contributed by atoms with van der Waals surface area (Å²) < 4.78 is 0. The molecule has 0 aliphatic carbocycles. The molecule has 118 valence electrons. The summed E-state index contributed by atoms with van der Waals surface area (Å²) in [5, 5.41) is 11.4. The summed E-state index contributed by atoms with van der Waals surface area (Å²) in [6.07, 6.45) is 7.55. The molecule has 0 bridgehead atoms. The van der Waals surface area contributed by atoms with Gasteiger partial charge in [0.25, 0.3) is 5.91 Å². The molecule has 0 spiro atoms. The van der Waals surface area contributed by atoms with Crippen molar-refractivity contribution in [1.29, 1.82) is 5.26 Å². The monoisotopic (exact) mass is 371 g/mol. The van der Waals surface area contributed by atoms with E-state index in [1.54, 1.807) is 12.3 Å². The van der Waals surface area contributed by atoms with E-state index in [2.05, 4.69) is 16.4 Å². The number of aliphatic imine (C=N–C) groups is 1. The molecular formula is C19H14KN3OS. The summed E-state index contributed by atoms with van der Waals surface area (Å²) in [6.45, 7) is 0. The number of nitriles is 1. The topological polar surface area (TPSA) is 65.2 Å². The van der Waals surface area contributed by atoms with Crippen LogP contribution in [0.2, 0.25) is 0 Å². The molecule has 1 amide bonds. The third-order valence-electron chi connectivity index (χ3n) is 3.30. The van der Waals surface area contributed by atoms with Crippen LogP contribution < -0.4 is 56.7 Å². The predicted molar refractivity (Wildman–Crippen MR) is 99.7 cm³/mol. The molecule has 0 saturated carbocycles. The van der Waals surface area contributed by atoms with Gasteiger partial charge in [-0.1, -0.05) is 66.7 Å². The summed E-state index contributed by atoms with van der Waals surface area (Å²) in [4.78, 5) is 15.8. The number of hydrogen-bond donors (Lipinski definition) is 1. The minimum absolute atomic E-state index is 0. The number of carbonyl (C=O) groups excluding carboxylic acids is 1. The van der Waals surface area contributed by atoms with Gasteiger partial charge in [-0.25, -0.2) is 0 Å². The van der Waals surface area contributed by atoms with Gasteiger partial charge in [0.15, 0.2) is 5.17 Å². The van der Waals surface area contributed by atoms with Crippen LogP contribution >= 0.6 is 11.8 Å². The van der Waals surface area contributed by atoms with Crippen LogP contribution in [-0.2, 0) is 4.79 Å². The summed E-state index contributed by atoms with van der Waals surface area (Å²) in [6, 6.07) is 18.0. The summed E-state index contributed by atoms with van der Waals surface area (Å²) in [7, 11) is 0. The first-order chi connectivity index (χ1) is 11.7. The zero-order chi connectivity index (χ0) is 16.8. The fourth-order valence-corrected chi connectivity index (χ4v) is 2.91. The van der Waals surface area contributed by atoms with Gasteiger partial charge < -0.3 is 1.43 Å². The van der Waals surface area contributed by atoms with Crippen molar-refractivity contribution in [3.05, 3.63) is 76.2 Å². The first kappa shape index (κ1) is 19.9. The molecule has 0 atom stereocenters. The fourth-order valence-electron chi connectivity index (χ4n) is 2.14. The number of benzene rings is 2.